The van der Waals surface area contributed by atoms with Gasteiger partial charge in [-0.05, 0) is 30.9 Å². The minimum Gasteiger partial charge on any atom is -0.331 e. The van der Waals surface area contributed by atoms with Crippen LogP contribution in [0.25, 0.3) is 0 Å². The molecule has 0 unspecified atom stereocenters. The molecule has 19 heavy (non-hydrogen) atoms. The first-order chi connectivity index (χ1) is 9.36. The third-order valence-corrected chi connectivity index (χ3v) is 4.41. The molecule has 2 aliphatic rings. The third kappa shape index (κ3) is 3.78. The third-order valence-electron chi connectivity index (χ3n) is 3.57. The Morgan fingerprint density at radius 3 is 2.74 bits per heavy atom. The molecule has 0 radical (unpaired) electrons. The van der Waals surface area contributed by atoms with Crippen molar-refractivity contribution in [1.82, 2.24) is 9.73 Å². The summed E-state index contributed by atoms with van der Waals surface area (Å²) in [6.07, 6.45) is 13.4. The van der Waals surface area contributed by atoms with Gasteiger partial charge in [-0.15, -0.1) is 5.10 Å². The highest BCUT2D eigenvalue weighted by atomic mass is 32.2. The molecule has 2 aliphatic heterocycles. The van der Waals surface area contributed by atoms with Gasteiger partial charge in [0.05, 0.1) is 4.91 Å². The first-order valence-corrected chi connectivity index (χ1v) is 8.36. The summed E-state index contributed by atoms with van der Waals surface area (Å²) in [5.41, 5.74) is 1.45. The van der Waals surface area contributed by atoms with Crippen LogP contribution < -0.4 is 4.83 Å². The molecule has 0 fully saturated rings. The number of nitrogens with zero attached hydrogens (tertiary/aromatic N) is 2. The topological polar surface area (TPSA) is 27.6 Å². The van der Waals surface area contributed by atoms with Crippen molar-refractivity contribution in [1.29, 1.82) is 0 Å². The van der Waals surface area contributed by atoms with E-state index in [-0.39, 0.29) is 0 Å². The number of nitrogens with one attached hydrogen (secondary N) is 1. The van der Waals surface area contributed by atoms with Crippen molar-refractivity contribution in [3.8, 4) is 0 Å². The van der Waals surface area contributed by atoms with Crippen LogP contribution in [0.1, 0.15) is 58.8 Å². The molecule has 4 heteroatoms. The van der Waals surface area contributed by atoms with Crippen LogP contribution in [0, 0.1) is 0 Å². The second kappa shape index (κ2) is 7.63. The van der Waals surface area contributed by atoms with Crippen LogP contribution >= 0.6 is 11.9 Å². The summed E-state index contributed by atoms with van der Waals surface area (Å²) in [5, 5.41) is 4.44. The lowest BCUT2D eigenvalue weighted by atomic mass is 10.0. The monoisotopic (exact) mass is 279 g/mol. The van der Waals surface area contributed by atoms with E-state index in [0.29, 0.717) is 0 Å². The lowest BCUT2D eigenvalue weighted by Crippen LogP contribution is -2.29. The molecule has 0 atom stereocenters. The lowest BCUT2D eigenvalue weighted by molar-refractivity contribution is 0.512. The van der Waals surface area contributed by atoms with E-state index in [4.69, 9.17) is 0 Å². The van der Waals surface area contributed by atoms with Crippen molar-refractivity contribution < 1.29 is 0 Å². The Morgan fingerprint density at radius 1 is 1.16 bits per heavy atom. The number of rotatable bonds is 8. The van der Waals surface area contributed by atoms with Crippen LogP contribution in [0.3, 0.4) is 0 Å². The van der Waals surface area contributed by atoms with Crippen molar-refractivity contribution in [3.05, 3.63) is 22.8 Å². The Bertz CT molecular complexity index is 385. The predicted octanol–water partition coefficient (Wildman–Crippen LogP) is 4.41. The number of unbranched alkanes of at least 4 members (excludes halogenated alkanes) is 4. The van der Waals surface area contributed by atoms with Crippen molar-refractivity contribution >= 4 is 17.8 Å². The normalized spacial score (nSPS) is 17.6. The van der Waals surface area contributed by atoms with E-state index in [1.165, 1.54) is 55.4 Å². The highest BCUT2D eigenvalue weighted by molar-refractivity contribution is 8.02. The van der Waals surface area contributed by atoms with E-state index >= 15 is 0 Å². The van der Waals surface area contributed by atoms with E-state index in [9.17, 15) is 0 Å². The van der Waals surface area contributed by atoms with Gasteiger partial charge in [0, 0.05) is 24.7 Å². The number of hydrogen-bond acceptors (Lipinski definition) is 4. The second-order valence-corrected chi connectivity index (χ2v) is 5.95. The first kappa shape index (κ1) is 14.5. The van der Waals surface area contributed by atoms with Gasteiger partial charge in [0.15, 0.2) is 5.84 Å². The van der Waals surface area contributed by atoms with Gasteiger partial charge in [-0.25, -0.2) is 4.83 Å². The van der Waals surface area contributed by atoms with Crippen molar-refractivity contribution in [2.75, 3.05) is 6.54 Å². The summed E-state index contributed by atoms with van der Waals surface area (Å²) >= 11 is 1.67. The van der Waals surface area contributed by atoms with Gasteiger partial charge < -0.3 is 4.90 Å². The number of hydrogen-bond donors (Lipinski definition) is 1. The molecule has 0 saturated heterocycles. The van der Waals surface area contributed by atoms with Crippen LogP contribution in [0.2, 0.25) is 0 Å². The SMILES string of the molecule is CCCCCC1=C2SNN=C2N(CCCCC)C=C1. The van der Waals surface area contributed by atoms with Crippen LogP contribution in [-0.2, 0) is 0 Å². The molecule has 0 saturated carbocycles. The number of allylic oxidation sites excluding steroid dienone is 2. The Balaban J connectivity index is 1.95. The van der Waals surface area contributed by atoms with Crippen LogP contribution in [0.15, 0.2) is 27.9 Å². The minimum atomic E-state index is 1.08. The fourth-order valence-corrected chi connectivity index (χ4v) is 3.19. The zero-order chi connectivity index (χ0) is 13.5. The first-order valence-electron chi connectivity index (χ1n) is 7.54. The fraction of sp³-hybridized carbons (Fsp3) is 0.667. The zero-order valence-electron chi connectivity index (χ0n) is 12.1. The largest absolute Gasteiger partial charge is 0.331 e. The second-order valence-electron chi connectivity index (χ2n) is 5.16. The van der Waals surface area contributed by atoms with Crippen LogP contribution in [-0.4, -0.2) is 17.3 Å². The fourth-order valence-electron chi connectivity index (χ4n) is 2.41. The number of hydrazone groups is 1. The minimum absolute atomic E-state index is 1.08. The summed E-state index contributed by atoms with van der Waals surface area (Å²) in [6.45, 7) is 5.58. The van der Waals surface area contributed by atoms with Gasteiger partial charge in [0.25, 0.3) is 0 Å². The van der Waals surface area contributed by atoms with E-state index in [2.05, 4.69) is 41.0 Å². The highest BCUT2D eigenvalue weighted by Crippen LogP contribution is 2.32. The summed E-state index contributed by atoms with van der Waals surface area (Å²) in [7, 11) is 0. The molecule has 0 bridgehead atoms. The molecule has 2 rings (SSSR count). The molecule has 1 N–H and O–H groups in total. The summed E-state index contributed by atoms with van der Waals surface area (Å²) in [6, 6.07) is 0. The van der Waals surface area contributed by atoms with Gasteiger partial charge in [-0.2, -0.15) is 0 Å². The Labute approximate surface area is 121 Å². The molecule has 2 heterocycles. The van der Waals surface area contributed by atoms with Crippen molar-refractivity contribution in [3.63, 3.8) is 0 Å². The summed E-state index contributed by atoms with van der Waals surface area (Å²) in [5.74, 6) is 1.13. The smallest absolute Gasteiger partial charge is 0.169 e. The molecule has 0 aliphatic carbocycles. The van der Waals surface area contributed by atoms with Gasteiger partial charge in [-0.3, -0.25) is 0 Å². The van der Waals surface area contributed by atoms with Gasteiger partial charge in [0.1, 0.15) is 0 Å². The van der Waals surface area contributed by atoms with E-state index < -0.39 is 0 Å². The standard InChI is InChI=1S/C15H25N3S/c1-3-5-7-9-13-10-12-18(11-8-6-4-2)15-14(13)19-17-16-15/h10,12,17H,3-9,11H2,1-2H3. The van der Waals surface area contributed by atoms with Crippen molar-refractivity contribution in [2.45, 2.75) is 58.8 Å². The number of amidine groups is 1. The highest BCUT2D eigenvalue weighted by Gasteiger charge is 2.25. The maximum Gasteiger partial charge on any atom is 0.169 e. The predicted molar refractivity (Wildman–Crippen MR) is 84.7 cm³/mol. The molecule has 0 aromatic heterocycles. The lowest BCUT2D eigenvalue weighted by Gasteiger charge is -2.24. The van der Waals surface area contributed by atoms with Crippen LogP contribution in [0.5, 0.6) is 0 Å². The van der Waals surface area contributed by atoms with Gasteiger partial charge in [-0.1, -0.05) is 39.5 Å². The number of fused-ring (bicyclic) bond motifs is 1. The molecule has 0 amide bonds. The average Bonchev–Trinajstić information content (AvgIpc) is 2.91. The molecule has 0 spiro atoms. The Hall–Kier alpha value is -0.900. The quantitative estimate of drug-likeness (QED) is 0.527. The summed E-state index contributed by atoms with van der Waals surface area (Å²) < 4.78 is 0. The molecular formula is C15H25N3S. The van der Waals surface area contributed by atoms with E-state index in [0.717, 1.165) is 12.4 Å². The van der Waals surface area contributed by atoms with Crippen LogP contribution in [0.4, 0.5) is 0 Å². The summed E-state index contributed by atoms with van der Waals surface area (Å²) in [4.78, 5) is 6.71. The van der Waals surface area contributed by atoms with E-state index in [1.54, 1.807) is 11.9 Å². The Kier molecular flexibility index (Phi) is 5.83. The molecule has 106 valence electrons. The van der Waals surface area contributed by atoms with Crippen molar-refractivity contribution in [2.24, 2.45) is 5.10 Å². The average molecular weight is 279 g/mol. The Morgan fingerprint density at radius 2 is 1.95 bits per heavy atom. The molecule has 3 nitrogen and oxygen atoms in total. The maximum absolute atomic E-state index is 4.44. The van der Waals surface area contributed by atoms with Gasteiger partial charge in [0.2, 0.25) is 0 Å². The molecule has 0 aromatic carbocycles. The molecular weight excluding hydrogens is 254 g/mol. The molecule has 0 aromatic rings. The van der Waals surface area contributed by atoms with E-state index in [1.807, 2.05) is 0 Å². The zero-order valence-corrected chi connectivity index (χ0v) is 12.9. The van der Waals surface area contributed by atoms with Gasteiger partial charge >= 0.3 is 0 Å². The maximum atomic E-state index is 4.44.